The van der Waals surface area contributed by atoms with Crippen LogP contribution in [0.2, 0.25) is 33.2 Å². The van der Waals surface area contributed by atoms with Gasteiger partial charge >= 0.3 is 0 Å². The normalized spacial score (nSPS) is 18.0. The van der Waals surface area contributed by atoms with Gasteiger partial charge in [-0.15, -0.1) is 0 Å². The van der Waals surface area contributed by atoms with Gasteiger partial charge in [-0.1, -0.05) is 68.4 Å². The van der Waals surface area contributed by atoms with Crippen molar-refractivity contribution in [2.45, 2.75) is 76.4 Å². The molecule has 1 unspecified atom stereocenters. The molecule has 0 amide bonds. The standard InChI is InChI=1S/C20H31Cl3FNOSi/c1-4-27(5-2,6-3)26-18(13-25-14-20(24)9-7-8-10-20)19-16(22)11-15(21)12-17(19)23/h11-12,18,25H,4-10,13-14H2,1-3H3. The van der Waals surface area contributed by atoms with E-state index in [0.29, 0.717) is 41.0 Å². The van der Waals surface area contributed by atoms with Crippen LogP contribution in [0.25, 0.3) is 0 Å². The molecule has 0 aliphatic heterocycles. The third-order valence-electron chi connectivity index (χ3n) is 5.96. The molecule has 1 N–H and O–H groups in total. The summed E-state index contributed by atoms with van der Waals surface area (Å²) in [7, 11) is -1.91. The summed E-state index contributed by atoms with van der Waals surface area (Å²) in [4.78, 5) is 0. The summed E-state index contributed by atoms with van der Waals surface area (Å²) in [6, 6.07) is 6.45. The van der Waals surface area contributed by atoms with Gasteiger partial charge in [0.2, 0.25) is 0 Å². The van der Waals surface area contributed by atoms with Gasteiger partial charge in [0.05, 0.1) is 6.10 Å². The molecule has 7 heteroatoms. The predicted octanol–water partition coefficient (Wildman–Crippen LogP) is 7.58. The highest BCUT2D eigenvalue weighted by Gasteiger charge is 2.36. The maximum absolute atomic E-state index is 14.7. The fourth-order valence-corrected chi connectivity index (χ4v) is 7.84. The molecule has 0 heterocycles. The Labute approximate surface area is 179 Å². The molecule has 1 aromatic carbocycles. The van der Waals surface area contributed by atoms with Gasteiger partial charge in [-0.2, -0.15) is 0 Å². The monoisotopic (exact) mass is 453 g/mol. The fraction of sp³-hybridized carbons (Fsp3) is 0.700. The van der Waals surface area contributed by atoms with Crippen LogP contribution in [0.4, 0.5) is 4.39 Å². The second kappa shape index (κ2) is 10.3. The van der Waals surface area contributed by atoms with E-state index in [1.807, 2.05) is 0 Å². The number of nitrogens with one attached hydrogen (secondary N) is 1. The van der Waals surface area contributed by atoms with Crippen molar-refractivity contribution in [2.75, 3.05) is 13.1 Å². The second-order valence-corrected chi connectivity index (χ2v) is 13.6. The molecule has 1 atom stereocenters. The van der Waals surface area contributed by atoms with Crippen molar-refractivity contribution in [3.63, 3.8) is 0 Å². The number of hydrogen-bond acceptors (Lipinski definition) is 2. The summed E-state index contributed by atoms with van der Waals surface area (Å²) in [5.74, 6) is 0. The van der Waals surface area contributed by atoms with Gasteiger partial charge in [-0.05, 0) is 43.1 Å². The van der Waals surface area contributed by atoms with E-state index in [9.17, 15) is 4.39 Å². The van der Waals surface area contributed by atoms with Gasteiger partial charge in [0.1, 0.15) is 5.67 Å². The van der Waals surface area contributed by atoms with Gasteiger partial charge in [0, 0.05) is 33.7 Å². The first-order valence-corrected chi connectivity index (χ1v) is 13.7. The van der Waals surface area contributed by atoms with Gasteiger partial charge in [-0.3, -0.25) is 0 Å². The van der Waals surface area contributed by atoms with Gasteiger partial charge in [0.25, 0.3) is 0 Å². The highest BCUT2D eigenvalue weighted by Crippen LogP contribution is 2.39. The molecule has 0 aromatic heterocycles. The predicted molar refractivity (Wildman–Crippen MR) is 118 cm³/mol. The quantitative estimate of drug-likeness (QED) is 0.368. The zero-order valence-corrected chi connectivity index (χ0v) is 19.8. The molecule has 1 saturated carbocycles. The summed E-state index contributed by atoms with van der Waals surface area (Å²) in [6.45, 7) is 7.38. The van der Waals surface area contributed by atoms with Gasteiger partial charge in [-0.25, -0.2) is 4.39 Å². The molecule has 0 spiro atoms. The van der Waals surface area contributed by atoms with Crippen molar-refractivity contribution < 1.29 is 8.82 Å². The Kier molecular flexibility index (Phi) is 8.91. The minimum Gasteiger partial charge on any atom is -0.409 e. The fourth-order valence-electron chi connectivity index (χ4n) is 3.98. The van der Waals surface area contributed by atoms with E-state index >= 15 is 0 Å². The van der Waals surface area contributed by atoms with E-state index in [1.54, 1.807) is 12.1 Å². The van der Waals surface area contributed by atoms with Crippen molar-refractivity contribution in [2.24, 2.45) is 0 Å². The number of alkyl halides is 1. The summed E-state index contributed by atoms with van der Waals surface area (Å²) in [5.41, 5.74) is -0.353. The van der Waals surface area contributed by atoms with E-state index in [1.165, 1.54) is 0 Å². The zero-order chi connectivity index (χ0) is 20.1. The Balaban J connectivity index is 2.23. The summed E-state index contributed by atoms with van der Waals surface area (Å²) in [6.07, 6.45) is 2.88. The minimum atomic E-state index is -1.91. The topological polar surface area (TPSA) is 21.3 Å². The molecular weight excluding hydrogens is 424 g/mol. The lowest BCUT2D eigenvalue weighted by molar-refractivity contribution is 0.146. The molecule has 2 rings (SSSR count). The molecular formula is C20H31Cl3FNOSi. The second-order valence-electron chi connectivity index (χ2n) is 7.62. The van der Waals surface area contributed by atoms with E-state index in [-0.39, 0.29) is 6.10 Å². The Morgan fingerprint density at radius 2 is 1.59 bits per heavy atom. The first-order chi connectivity index (χ1) is 12.8. The van der Waals surface area contributed by atoms with E-state index in [4.69, 9.17) is 39.2 Å². The van der Waals surface area contributed by atoms with E-state index < -0.39 is 14.0 Å². The molecule has 154 valence electrons. The smallest absolute Gasteiger partial charge is 0.192 e. The first-order valence-electron chi connectivity index (χ1n) is 10.00. The molecule has 2 nitrogen and oxygen atoms in total. The number of benzene rings is 1. The van der Waals surface area contributed by atoms with Crippen molar-refractivity contribution in [3.8, 4) is 0 Å². The Hall–Kier alpha value is 0.157. The Morgan fingerprint density at radius 1 is 1.07 bits per heavy atom. The van der Waals surface area contributed by atoms with Crippen LogP contribution in [0.5, 0.6) is 0 Å². The van der Waals surface area contributed by atoms with Crippen LogP contribution in [-0.2, 0) is 4.43 Å². The highest BCUT2D eigenvalue weighted by atomic mass is 35.5. The Bertz CT molecular complexity index is 590. The summed E-state index contributed by atoms with van der Waals surface area (Å²) >= 11 is 19.1. The first kappa shape index (κ1) is 23.4. The zero-order valence-electron chi connectivity index (χ0n) is 16.5. The SMILES string of the molecule is CC[Si](CC)(CC)OC(CNCC1(F)CCCC1)c1c(Cl)cc(Cl)cc1Cl. The van der Waals surface area contributed by atoms with Crippen LogP contribution < -0.4 is 5.32 Å². The van der Waals surface area contributed by atoms with Crippen molar-refractivity contribution in [1.82, 2.24) is 5.32 Å². The van der Waals surface area contributed by atoms with Crippen LogP contribution in [0.3, 0.4) is 0 Å². The number of rotatable bonds is 10. The van der Waals surface area contributed by atoms with E-state index in [2.05, 4.69) is 26.1 Å². The maximum atomic E-state index is 14.7. The van der Waals surface area contributed by atoms with E-state index in [0.717, 1.165) is 36.5 Å². The lowest BCUT2D eigenvalue weighted by Gasteiger charge is -2.35. The van der Waals surface area contributed by atoms with Crippen LogP contribution >= 0.6 is 34.8 Å². The van der Waals surface area contributed by atoms with Crippen LogP contribution in [-0.4, -0.2) is 27.1 Å². The molecule has 0 saturated heterocycles. The third kappa shape index (κ3) is 6.07. The van der Waals surface area contributed by atoms with Crippen molar-refractivity contribution in [1.29, 1.82) is 0 Å². The lowest BCUT2D eigenvalue weighted by atomic mass is 10.0. The summed E-state index contributed by atoms with van der Waals surface area (Å²) in [5, 5.41) is 4.80. The highest BCUT2D eigenvalue weighted by molar-refractivity contribution is 6.73. The largest absolute Gasteiger partial charge is 0.409 e. The molecule has 1 aliphatic rings. The lowest BCUT2D eigenvalue weighted by Crippen LogP contribution is -2.42. The van der Waals surface area contributed by atoms with Gasteiger partial charge < -0.3 is 9.74 Å². The average molecular weight is 455 g/mol. The molecule has 27 heavy (non-hydrogen) atoms. The third-order valence-corrected chi connectivity index (χ3v) is 11.5. The average Bonchev–Trinajstić information content (AvgIpc) is 3.05. The maximum Gasteiger partial charge on any atom is 0.192 e. The van der Waals surface area contributed by atoms with Crippen LogP contribution in [0, 0.1) is 0 Å². The van der Waals surface area contributed by atoms with Crippen LogP contribution in [0.15, 0.2) is 12.1 Å². The molecule has 1 aromatic rings. The molecule has 0 radical (unpaired) electrons. The molecule has 0 bridgehead atoms. The molecule has 1 aliphatic carbocycles. The minimum absolute atomic E-state index is 0.307. The van der Waals surface area contributed by atoms with Crippen LogP contribution in [0.1, 0.15) is 58.1 Å². The summed E-state index contributed by atoms with van der Waals surface area (Å²) < 4.78 is 21.5. The number of halogens is 4. The Morgan fingerprint density at radius 3 is 2.07 bits per heavy atom. The number of hydrogen-bond donors (Lipinski definition) is 1. The van der Waals surface area contributed by atoms with Gasteiger partial charge in [0.15, 0.2) is 8.32 Å². The van der Waals surface area contributed by atoms with Crippen molar-refractivity contribution in [3.05, 3.63) is 32.8 Å². The molecule has 1 fully saturated rings. The van der Waals surface area contributed by atoms with Crippen molar-refractivity contribution >= 4 is 43.1 Å².